The van der Waals surface area contributed by atoms with Gasteiger partial charge < -0.3 is 0 Å². The fraction of sp³-hybridized carbons (Fsp3) is 0.400. The lowest BCUT2D eigenvalue weighted by Gasteiger charge is -2.37. The second-order valence-corrected chi connectivity index (χ2v) is 11.3. The lowest BCUT2D eigenvalue weighted by molar-refractivity contribution is -0.385. The maximum absolute atomic E-state index is 13.1. The number of rotatable bonds is 6. The van der Waals surface area contributed by atoms with Crippen LogP contribution in [0, 0.1) is 17.0 Å². The summed E-state index contributed by atoms with van der Waals surface area (Å²) in [5, 5.41) is 11.1. The topological polar surface area (TPSA) is 127 Å². The maximum Gasteiger partial charge on any atom is 0.273 e. The molecule has 1 aliphatic heterocycles. The molecule has 1 N–H and O–H groups in total. The van der Waals surface area contributed by atoms with Crippen LogP contribution in [0.3, 0.4) is 0 Å². The minimum absolute atomic E-state index is 0.0852. The number of nitro benzene ring substituents is 1. The van der Waals surface area contributed by atoms with E-state index in [4.69, 9.17) is 0 Å². The Morgan fingerprint density at radius 2 is 1.52 bits per heavy atom. The fourth-order valence-corrected chi connectivity index (χ4v) is 6.82. The molecule has 9 nitrogen and oxygen atoms in total. The number of benzene rings is 2. The molecule has 1 heterocycles. The van der Waals surface area contributed by atoms with E-state index in [-0.39, 0.29) is 33.2 Å². The van der Waals surface area contributed by atoms with Crippen LogP contribution in [0.4, 0.5) is 11.4 Å². The predicted octanol–water partition coefficient (Wildman–Crippen LogP) is 3.66. The quantitative estimate of drug-likeness (QED) is 0.510. The minimum atomic E-state index is -4.09. The number of anilines is 1. The summed E-state index contributed by atoms with van der Waals surface area (Å²) in [6.07, 6.45) is 2.57. The number of nitrogens with one attached hydrogen (secondary N) is 1. The predicted molar refractivity (Wildman–Crippen MR) is 117 cm³/mol. The number of hydrogen-bond donors (Lipinski definition) is 1. The van der Waals surface area contributed by atoms with Crippen molar-refractivity contribution in [2.45, 2.75) is 61.9 Å². The van der Waals surface area contributed by atoms with Gasteiger partial charge in [-0.05, 0) is 63.9 Å². The third kappa shape index (κ3) is 4.73. The number of sulfonamides is 2. The molecule has 0 spiro atoms. The molecule has 168 valence electrons. The van der Waals surface area contributed by atoms with E-state index in [1.54, 1.807) is 0 Å². The number of hydrogen-bond acceptors (Lipinski definition) is 6. The zero-order chi connectivity index (χ0) is 23.0. The van der Waals surface area contributed by atoms with Gasteiger partial charge >= 0.3 is 0 Å². The van der Waals surface area contributed by atoms with Gasteiger partial charge in [-0.2, -0.15) is 4.31 Å². The van der Waals surface area contributed by atoms with E-state index in [1.165, 1.54) is 47.6 Å². The Kier molecular flexibility index (Phi) is 6.40. The zero-order valence-electron chi connectivity index (χ0n) is 17.5. The second-order valence-electron chi connectivity index (χ2n) is 7.80. The Labute approximate surface area is 182 Å². The molecule has 31 heavy (non-hydrogen) atoms. The molecule has 2 atom stereocenters. The van der Waals surface area contributed by atoms with Crippen molar-refractivity contribution >= 4 is 31.4 Å². The molecule has 1 saturated heterocycles. The Hall–Kier alpha value is -2.50. The van der Waals surface area contributed by atoms with Crippen LogP contribution in [0.15, 0.2) is 52.3 Å². The molecule has 0 saturated carbocycles. The first-order chi connectivity index (χ1) is 14.4. The summed E-state index contributed by atoms with van der Waals surface area (Å²) in [4.78, 5) is 10.3. The lowest BCUT2D eigenvalue weighted by Crippen LogP contribution is -2.47. The van der Waals surface area contributed by atoms with Crippen molar-refractivity contribution in [3.05, 3.63) is 58.1 Å². The van der Waals surface area contributed by atoms with Crippen LogP contribution < -0.4 is 4.72 Å². The third-order valence-corrected chi connectivity index (χ3v) is 9.00. The average Bonchev–Trinajstić information content (AvgIpc) is 2.67. The highest BCUT2D eigenvalue weighted by Crippen LogP contribution is 2.30. The van der Waals surface area contributed by atoms with Crippen LogP contribution in [-0.2, 0) is 20.0 Å². The van der Waals surface area contributed by atoms with Gasteiger partial charge in [-0.25, -0.2) is 16.8 Å². The molecule has 0 radical (unpaired) electrons. The number of nitro groups is 1. The molecule has 2 unspecified atom stereocenters. The summed E-state index contributed by atoms with van der Waals surface area (Å²) in [5.74, 6) is 0. The van der Waals surface area contributed by atoms with Gasteiger partial charge in [0.1, 0.15) is 0 Å². The van der Waals surface area contributed by atoms with Gasteiger partial charge in [-0.1, -0.05) is 12.5 Å². The van der Waals surface area contributed by atoms with Gasteiger partial charge in [-0.3, -0.25) is 14.8 Å². The summed E-state index contributed by atoms with van der Waals surface area (Å²) in [5.41, 5.74) is 0.204. The van der Waals surface area contributed by atoms with Crippen molar-refractivity contribution in [2.75, 3.05) is 4.72 Å². The number of piperidine rings is 1. The van der Waals surface area contributed by atoms with Crippen LogP contribution in [0.5, 0.6) is 0 Å². The Morgan fingerprint density at radius 3 is 2.06 bits per heavy atom. The van der Waals surface area contributed by atoms with E-state index >= 15 is 0 Å². The summed E-state index contributed by atoms with van der Waals surface area (Å²) in [7, 11) is -7.80. The van der Waals surface area contributed by atoms with Crippen LogP contribution in [0.2, 0.25) is 0 Å². The van der Waals surface area contributed by atoms with E-state index < -0.39 is 25.0 Å². The number of nitrogens with zero attached hydrogens (tertiary/aromatic N) is 2. The van der Waals surface area contributed by atoms with Crippen LogP contribution >= 0.6 is 0 Å². The van der Waals surface area contributed by atoms with Crippen LogP contribution in [0.1, 0.15) is 38.7 Å². The van der Waals surface area contributed by atoms with Crippen LogP contribution in [-0.4, -0.2) is 38.1 Å². The molecule has 0 bridgehead atoms. The molecule has 11 heteroatoms. The highest BCUT2D eigenvalue weighted by atomic mass is 32.2. The highest BCUT2D eigenvalue weighted by Gasteiger charge is 2.35. The average molecular weight is 468 g/mol. The molecule has 2 aromatic carbocycles. The molecule has 0 amide bonds. The van der Waals surface area contributed by atoms with Crippen molar-refractivity contribution in [3.63, 3.8) is 0 Å². The second kappa shape index (κ2) is 8.56. The summed E-state index contributed by atoms with van der Waals surface area (Å²) in [6, 6.07) is 8.88. The largest absolute Gasteiger partial charge is 0.280 e. The lowest BCUT2D eigenvalue weighted by atomic mass is 10.0. The van der Waals surface area contributed by atoms with E-state index in [0.717, 1.165) is 25.3 Å². The molecule has 1 aliphatic rings. The van der Waals surface area contributed by atoms with E-state index in [1.807, 2.05) is 13.8 Å². The molecular formula is C20H25N3O6S2. The third-order valence-electron chi connectivity index (χ3n) is 5.48. The van der Waals surface area contributed by atoms with Gasteiger partial charge in [0.2, 0.25) is 10.0 Å². The monoisotopic (exact) mass is 467 g/mol. The standard InChI is InChI=1S/C20H25N3O6S2/c1-14-7-10-19(13-20(14)23(24)25)30(26,27)21-17-8-11-18(12-9-17)31(28,29)22-15(2)5-4-6-16(22)3/h7-13,15-16,21H,4-6H2,1-3H3. The first kappa shape index (κ1) is 23.2. The maximum atomic E-state index is 13.1. The van der Waals surface area contributed by atoms with Crippen molar-refractivity contribution in [3.8, 4) is 0 Å². The van der Waals surface area contributed by atoms with Gasteiger partial charge in [0, 0.05) is 29.4 Å². The Bertz CT molecular complexity index is 1180. The molecule has 0 aliphatic carbocycles. The van der Waals surface area contributed by atoms with Gasteiger partial charge in [-0.15, -0.1) is 0 Å². The zero-order valence-corrected chi connectivity index (χ0v) is 19.1. The van der Waals surface area contributed by atoms with Crippen molar-refractivity contribution < 1.29 is 21.8 Å². The van der Waals surface area contributed by atoms with E-state index in [0.29, 0.717) is 5.56 Å². The minimum Gasteiger partial charge on any atom is -0.280 e. The van der Waals surface area contributed by atoms with E-state index in [2.05, 4.69) is 4.72 Å². The van der Waals surface area contributed by atoms with Crippen molar-refractivity contribution in [1.82, 2.24) is 4.31 Å². The number of aryl methyl sites for hydroxylation is 1. The fourth-order valence-electron chi connectivity index (χ4n) is 3.86. The Morgan fingerprint density at radius 1 is 0.968 bits per heavy atom. The Balaban J connectivity index is 1.85. The summed E-state index contributed by atoms with van der Waals surface area (Å²) in [6.45, 7) is 5.29. The summed E-state index contributed by atoms with van der Waals surface area (Å²) >= 11 is 0. The normalized spacial score (nSPS) is 20.4. The van der Waals surface area contributed by atoms with E-state index in [9.17, 15) is 26.9 Å². The van der Waals surface area contributed by atoms with Crippen molar-refractivity contribution in [2.24, 2.45) is 0 Å². The molecule has 1 fully saturated rings. The highest BCUT2D eigenvalue weighted by molar-refractivity contribution is 7.92. The SMILES string of the molecule is Cc1ccc(S(=O)(=O)Nc2ccc(S(=O)(=O)N3C(C)CCCC3C)cc2)cc1[N+](=O)[O-]. The van der Waals surface area contributed by atoms with Gasteiger partial charge in [0.15, 0.2) is 0 Å². The molecule has 2 aromatic rings. The first-order valence-corrected chi connectivity index (χ1v) is 12.8. The summed E-state index contributed by atoms with van der Waals surface area (Å²) < 4.78 is 55.3. The van der Waals surface area contributed by atoms with Crippen molar-refractivity contribution in [1.29, 1.82) is 0 Å². The first-order valence-electron chi connectivity index (χ1n) is 9.85. The molecule has 0 aromatic heterocycles. The molecule has 3 rings (SSSR count). The van der Waals surface area contributed by atoms with Gasteiger partial charge in [0.05, 0.1) is 14.7 Å². The smallest absolute Gasteiger partial charge is 0.273 e. The molecular weight excluding hydrogens is 442 g/mol. The van der Waals surface area contributed by atoms with Crippen LogP contribution in [0.25, 0.3) is 0 Å². The van der Waals surface area contributed by atoms with Gasteiger partial charge in [0.25, 0.3) is 15.7 Å².